The highest BCUT2D eigenvalue weighted by Gasteiger charge is 2.12. The van der Waals surface area contributed by atoms with Gasteiger partial charge in [-0.3, -0.25) is 0 Å². The average molecular weight is 128 g/mol. The Morgan fingerprint density at radius 3 is 3.11 bits per heavy atom. The second-order valence-corrected chi connectivity index (χ2v) is 2.51. The zero-order valence-electron chi connectivity index (χ0n) is 5.64. The first kappa shape index (κ1) is 6.75. The predicted molar refractivity (Wildman–Crippen MR) is 36.4 cm³/mol. The molecule has 1 heterocycles. The van der Waals surface area contributed by atoms with Crippen LogP contribution in [0.3, 0.4) is 0 Å². The number of aliphatic hydroxyl groups is 1. The van der Waals surface area contributed by atoms with Gasteiger partial charge in [-0.1, -0.05) is 0 Å². The summed E-state index contributed by atoms with van der Waals surface area (Å²) in [5.41, 5.74) is 0. The molecule has 0 saturated carbocycles. The van der Waals surface area contributed by atoms with E-state index in [2.05, 4.69) is 11.2 Å². The van der Waals surface area contributed by atoms with Crippen LogP contribution in [0, 0.1) is 0 Å². The summed E-state index contributed by atoms with van der Waals surface area (Å²) < 4.78 is 0. The summed E-state index contributed by atoms with van der Waals surface area (Å²) in [4.78, 5) is 3.24. The normalized spacial score (nSPS) is 26.6. The van der Waals surface area contributed by atoms with Crippen molar-refractivity contribution in [3.05, 3.63) is 0 Å². The molecule has 0 aromatic rings. The second-order valence-electron chi connectivity index (χ2n) is 2.51. The van der Waals surface area contributed by atoms with Crippen LogP contribution in [-0.2, 0) is 0 Å². The van der Waals surface area contributed by atoms with Crippen LogP contribution in [0.25, 0.3) is 0 Å². The summed E-state index contributed by atoms with van der Waals surface area (Å²) >= 11 is 0. The third kappa shape index (κ3) is 2.14. The minimum absolute atomic E-state index is 0.311. The molecule has 2 N–H and O–H groups in total. The monoisotopic (exact) mass is 128 g/mol. The molecule has 1 aliphatic heterocycles. The molecule has 2 nitrogen and oxygen atoms in total. The highest BCUT2D eigenvalue weighted by atomic mass is 16.3. The third-order valence-corrected chi connectivity index (χ3v) is 1.73. The molecule has 2 heteroatoms. The number of hydrogen-bond donors (Lipinski definition) is 2. The van der Waals surface area contributed by atoms with Crippen molar-refractivity contribution in [2.45, 2.75) is 31.7 Å². The van der Waals surface area contributed by atoms with Gasteiger partial charge in [0.05, 0.1) is 0 Å². The molecule has 1 atom stereocenters. The number of nitrogens with one attached hydrogen (secondary N) is 1. The summed E-state index contributed by atoms with van der Waals surface area (Å²) in [5.74, 6) is 0. The van der Waals surface area contributed by atoms with Crippen LogP contribution in [0.2, 0.25) is 0 Å². The fourth-order valence-corrected chi connectivity index (χ4v) is 1.18. The summed E-state index contributed by atoms with van der Waals surface area (Å²) in [7, 11) is 0. The second kappa shape index (κ2) is 3.62. The third-order valence-electron chi connectivity index (χ3n) is 1.73. The number of rotatable bonds is 2. The zero-order chi connectivity index (χ0) is 6.53. The van der Waals surface area contributed by atoms with Gasteiger partial charge in [-0.05, 0) is 6.42 Å². The van der Waals surface area contributed by atoms with Crippen molar-refractivity contribution in [3.63, 3.8) is 0 Å². The Hall–Kier alpha value is -0.370. The molecule has 0 aliphatic carbocycles. The lowest BCUT2D eigenvalue weighted by atomic mass is 10.1. The van der Waals surface area contributed by atoms with E-state index in [1.807, 2.05) is 0 Å². The van der Waals surface area contributed by atoms with Gasteiger partial charge in [0.25, 0.3) is 0 Å². The fourth-order valence-electron chi connectivity index (χ4n) is 1.18. The smallest absolute Gasteiger partial charge is 0.152 e. The van der Waals surface area contributed by atoms with E-state index in [0.29, 0.717) is 12.6 Å². The maximum absolute atomic E-state index is 8.56. The maximum Gasteiger partial charge on any atom is 0.152 e. The standard InChI is InChI=1S/C7H13NO/c9-6-4-7-3-1-2-5-8-7/h5,7,9H,1-4,6H2/p+1. The van der Waals surface area contributed by atoms with Crippen LogP contribution in [0.4, 0.5) is 0 Å². The molecule has 1 rings (SSSR count). The van der Waals surface area contributed by atoms with Crippen LogP contribution in [0.1, 0.15) is 25.7 Å². The van der Waals surface area contributed by atoms with Gasteiger partial charge in [0.15, 0.2) is 6.04 Å². The molecule has 0 bridgehead atoms. The van der Waals surface area contributed by atoms with E-state index in [-0.39, 0.29) is 0 Å². The van der Waals surface area contributed by atoms with E-state index < -0.39 is 0 Å². The van der Waals surface area contributed by atoms with E-state index >= 15 is 0 Å². The SMILES string of the molecule is OCCC1CCCC=[NH+]1. The number of aliphatic hydroxyl groups excluding tert-OH is 1. The Kier molecular flexibility index (Phi) is 2.71. The van der Waals surface area contributed by atoms with E-state index in [9.17, 15) is 0 Å². The first-order valence-electron chi connectivity index (χ1n) is 3.62. The zero-order valence-corrected chi connectivity index (χ0v) is 5.64. The molecule has 1 unspecified atom stereocenters. The first-order valence-corrected chi connectivity index (χ1v) is 3.62. The predicted octanol–water partition coefficient (Wildman–Crippen LogP) is -0.927. The van der Waals surface area contributed by atoms with Crippen molar-refractivity contribution in [2.75, 3.05) is 6.61 Å². The molecule has 0 radical (unpaired) electrons. The topological polar surface area (TPSA) is 34.2 Å². The Morgan fingerprint density at radius 1 is 1.67 bits per heavy atom. The van der Waals surface area contributed by atoms with Crippen molar-refractivity contribution in [3.8, 4) is 0 Å². The Labute approximate surface area is 55.6 Å². The quantitative estimate of drug-likeness (QED) is 0.495. The van der Waals surface area contributed by atoms with Gasteiger partial charge in [-0.25, -0.2) is 4.99 Å². The fraction of sp³-hybridized carbons (Fsp3) is 0.857. The van der Waals surface area contributed by atoms with Crippen molar-refractivity contribution < 1.29 is 10.1 Å². The Bertz CT molecular complexity index is 101. The van der Waals surface area contributed by atoms with E-state index in [0.717, 1.165) is 6.42 Å². The maximum atomic E-state index is 8.56. The van der Waals surface area contributed by atoms with Crippen molar-refractivity contribution in [1.82, 2.24) is 0 Å². The van der Waals surface area contributed by atoms with Crippen LogP contribution in [-0.4, -0.2) is 24.0 Å². The van der Waals surface area contributed by atoms with Gasteiger partial charge in [-0.15, -0.1) is 0 Å². The van der Waals surface area contributed by atoms with Crippen LogP contribution in [0.5, 0.6) is 0 Å². The van der Waals surface area contributed by atoms with Gasteiger partial charge in [-0.2, -0.15) is 0 Å². The van der Waals surface area contributed by atoms with Crippen LogP contribution in [0.15, 0.2) is 0 Å². The lowest BCUT2D eigenvalue weighted by Gasteiger charge is -2.07. The van der Waals surface area contributed by atoms with Crippen molar-refractivity contribution in [2.24, 2.45) is 0 Å². The van der Waals surface area contributed by atoms with E-state index in [1.165, 1.54) is 19.3 Å². The minimum Gasteiger partial charge on any atom is -0.396 e. The summed E-state index contributed by atoms with van der Waals surface area (Å²) in [5, 5.41) is 8.56. The molecular weight excluding hydrogens is 114 g/mol. The number of hydrogen-bond acceptors (Lipinski definition) is 1. The molecule has 0 saturated heterocycles. The molecular formula is C7H14NO+. The summed E-state index contributed by atoms with van der Waals surface area (Å²) in [6.07, 6.45) is 6.68. The summed E-state index contributed by atoms with van der Waals surface area (Å²) in [6, 6.07) is 0.545. The van der Waals surface area contributed by atoms with Gasteiger partial charge in [0.2, 0.25) is 0 Å². The lowest BCUT2D eigenvalue weighted by molar-refractivity contribution is -0.506. The molecule has 0 amide bonds. The van der Waals surface area contributed by atoms with Gasteiger partial charge in [0.1, 0.15) is 6.21 Å². The van der Waals surface area contributed by atoms with Crippen molar-refractivity contribution >= 4 is 6.21 Å². The lowest BCUT2D eigenvalue weighted by Crippen LogP contribution is -2.77. The van der Waals surface area contributed by atoms with Crippen LogP contribution >= 0.6 is 0 Å². The first-order chi connectivity index (χ1) is 4.43. The highest BCUT2D eigenvalue weighted by Crippen LogP contribution is 2.00. The van der Waals surface area contributed by atoms with Gasteiger partial charge < -0.3 is 5.11 Å². The molecule has 0 aromatic carbocycles. The summed E-state index contributed by atoms with van der Waals surface area (Å²) in [6.45, 7) is 0.311. The molecule has 0 aromatic heterocycles. The van der Waals surface area contributed by atoms with E-state index in [4.69, 9.17) is 5.11 Å². The van der Waals surface area contributed by atoms with Gasteiger partial charge in [0, 0.05) is 25.9 Å². The molecule has 0 spiro atoms. The van der Waals surface area contributed by atoms with E-state index in [1.54, 1.807) is 0 Å². The van der Waals surface area contributed by atoms with Crippen LogP contribution < -0.4 is 4.99 Å². The largest absolute Gasteiger partial charge is 0.396 e. The molecule has 0 fully saturated rings. The molecule has 9 heavy (non-hydrogen) atoms. The van der Waals surface area contributed by atoms with Gasteiger partial charge >= 0.3 is 0 Å². The highest BCUT2D eigenvalue weighted by molar-refractivity contribution is 5.50. The minimum atomic E-state index is 0.311. The average Bonchev–Trinajstić information content (AvgIpc) is 1.91. The molecule has 1 aliphatic rings. The van der Waals surface area contributed by atoms with Crippen molar-refractivity contribution in [1.29, 1.82) is 0 Å². The Morgan fingerprint density at radius 2 is 2.56 bits per heavy atom. The molecule has 52 valence electrons. The Balaban J connectivity index is 2.23.